The number of benzene rings is 2. The average molecular weight is 474 g/mol. The van der Waals surface area contributed by atoms with Crippen LogP contribution in [0.25, 0.3) is 17.3 Å². The number of para-hydroxylation sites is 1. The van der Waals surface area contributed by atoms with Crippen molar-refractivity contribution in [3.05, 3.63) is 85.3 Å². The van der Waals surface area contributed by atoms with Crippen molar-refractivity contribution in [1.82, 2.24) is 9.88 Å². The molecule has 3 rings (SSSR count). The first-order chi connectivity index (χ1) is 16.5. The molecule has 1 N–H and O–H groups in total. The Balaban J connectivity index is 1.99. The highest BCUT2D eigenvalue weighted by atomic mass is 32.1. The van der Waals surface area contributed by atoms with Crippen molar-refractivity contribution in [2.24, 2.45) is 0 Å². The van der Waals surface area contributed by atoms with E-state index in [-0.39, 0.29) is 11.1 Å². The van der Waals surface area contributed by atoms with Crippen molar-refractivity contribution in [1.29, 1.82) is 5.26 Å². The van der Waals surface area contributed by atoms with E-state index in [1.807, 2.05) is 49.4 Å². The lowest BCUT2D eigenvalue weighted by Gasteiger charge is -2.06. The number of nitrogens with one attached hydrogen (secondary N) is 1. The van der Waals surface area contributed by atoms with E-state index in [0.29, 0.717) is 21.4 Å². The molecule has 1 amide bonds. The quantitative estimate of drug-likeness (QED) is 0.449. The third kappa shape index (κ3) is 6.55. The molecule has 0 unspecified atom stereocenters. The predicted molar refractivity (Wildman–Crippen MR) is 139 cm³/mol. The Morgan fingerprint density at radius 1 is 1.03 bits per heavy atom. The van der Waals surface area contributed by atoms with E-state index in [4.69, 9.17) is 0 Å². The maximum atomic E-state index is 13.4. The molecule has 5 nitrogen and oxygen atoms in total. The number of carbonyl (C=O) groups excluding carboxylic acids is 1. The second-order valence-electron chi connectivity index (χ2n) is 8.31. The molecule has 2 aromatic carbocycles. The number of carbonyl (C=O) groups is 1. The van der Waals surface area contributed by atoms with Gasteiger partial charge in [-0.1, -0.05) is 87.1 Å². The molecule has 0 saturated carbocycles. The van der Waals surface area contributed by atoms with Gasteiger partial charge in [-0.2, -0.15) is 5.26 Å². The maximum Gasteiger partial charge on any atom is 0.273 e. The van der Waals surface area contributed by atoms with Gasteiger partial charge >= 0.3 is 0 Å². The van der Waals surface area contributed by atoms with E-state index >= 15 is 0 Å². The van der Waals surface area contributed by atoms with Gasteiger partial charge in [0.05, 0.1) is 10.2 Å². The summed E-state index contributed by atoms with van der Waals surface area (Å²) in [6, 6.07) is 19.0. The second-order valence-corrected chi connectivity index (χ2v) is 9.34. The van der Waals surface area contributed by atoms with Gasteiger partial charge in [0.15, 0.2) is 5.57 Å². The minimum absolute atomic E-state index is 0.0412. The summed E-state index contributed by atoms with van der Waals surface area (Å²) in [5.74, 6) is -0.441. The fraction of sp³-hybridized carbons (Fsp3) is 0.321. The highest BCUT2D eigenvalue weighted by molar-refractivity contribution is 7.07. The minimum Gasteiger partial charge on any atom is -0.351 e. The molecular weight excluding hydrogens is 442 g/mol. The van der Waals surface area contributed by atoms with Gasteiger partial charge in [-0.25, -0.2) is 0 Å². The zero-order valence-electron chi connectivity index (χ0n) is 19.8. The highest BCUT2D eigenvalue weighted by Crippen LogP contribution is 2.07. The molecule has 0 aliphatic carbocycles. The van der Waals surface area contributed by atoms with Gasteiger partial charge in [0, 0.05) is 6.54 Å². The van der Waals surface area contributed by atoms with E-state index in [1.165, 1.54) is 35.2 Å². The zero-order chi connectivity index (χ0) is 24.3. The van der Waals surface area contributed by atoms with E-state index in [2.05, 4.69) is 18.3 Å². The summed E-state index contributed by atoms with van der Waals surface area (Å²) in [7, 11) is 0. The van der Waals surface area contributed by atoms with Gasteiger partial charge in [-0.15, -0.1) is 11.3 Å². The van der Waals surface area contributed by atoms with Crippen molar-refractivity contribution < 1.29 is 4.79 Å². The third-order valence-electron chi connectivity index (χ3n) is 5.58. The van der Waals surface area contributed by atoms with Crippen LogP contribution >= 0.6 is 11.3 Å². The van der Waals surface area contributed by atoms with Crippen LogP contribution in [0, 0.1) is 18.3 Å². The molecular formula is C28H31N3O2S. The molecule has 0 saturated heterocycles. The second kappa shape index (κ2) is 12.7. The molecule has 0 aliphatic heterocycles. The fourth-order valence-corrected chi connectivity index (χ4v) is 4.77. The van der Waals surface area contributed by atoms with Crippen molar-refractivity contribution >= 4 is 28.9 Å². The van der Waals surface area contributed by atoms with E-state index in [1.54, 1.807) is 18.2 Å². The van der Waals surface area contributed by atoms with Gasteiger partial charge in [-0.05, 0) is 37.1 Å². The standard InChI is InChI=1S/C28H31N3O2S/c1-3-4-5-6-7-11-18-30-26(32)24(20-29)28-31(23-12-9-8-10-13-23)27(33)25(34-28)19-22-16-14-21(2)15-17-22/h8-10,12-17,19H,3-7,11,18H2,1-2H3,(H,30,32). The number of aromatic nitrogens is 1. The smallest absolute Gasteiger partial charge is 0.273 e. The van der Waals surface area contributed by atoms with Crippen LogP contribution in [0.4, 0.5) is 0 Å². The van der Waals surface area contributed by atoms with Gasteiger partial charge in [0.25, 0.3) is 11.5 Å². The topological polar surface area (TPSA) is 74.9 Å². The van der Waals surface area contributed by atoms with Crippen LogP contribution in [0.2, 0.25) is 0 Å². The van der Waals surface area contributed by atoms with Gasteiger partial charge in [0.1, 0.15) is 10.7 Å². The van der Waals surface area contributed by atoms with Crippen LogP contribution in [-0.4, -0.2) is 17.0 Å². The molecule has 6 heteroatoms. The summed E-state index contributed by atoms with van der Waals surface area (Å²) in [6.45, 7) is 4.70. The van der Waals surface area contributed by atoms with Gasteiger partial charge < -0.3 is 5.32 Å². The summed E-state index contributed by atoms with van der Waals surface area (Å²) in [5.41, 5.74) is 2.36. The number of amides is 1. The van der Waals surface area contributed by atoms with Gasteiger partial charge in [-0.3, -0.25) is 14.2 Å². The number of aryl methyl sites for hydroxylation is 1. The number of unbranched alkanes of at least 4 members (excludes halogenated alkanes) is 5. The lowest BCUT2D eigenvalue weighted by Crippen LogP contribution is -2.34. The van der Waals surface area contributed by atoms with Crippen molar-refractivity contribution in [3.63, 3.8) is 0 Å². The first kappa shape index (κ1) is 25.2. The molecule has 0 bridgehead atoms. The number of thiazole rings is 1. The Labute approximate surface area is 204 Å². The molecule has 176 valence electrons. The molecule has 0 radical (unpaired) electrons. The van der Waals surface area contributed by atoms with Gasteiger partial charge in [0.2, 0.25) is 0 Å². The zero-order valence-corrected chi connectivity index (χ0v) is 20.7. The van der Waals surface area contributed by atoms with Crippen LogP contribution in [0.1, 0.15) is 56.6 Å². The number of rotatable bonds is 10. The lowest BCUT2D eigenvalue weighted by atomic mass is 10.1. The Hall–Kier alpha value is -3.43. The molecule has 0 atom stereocenters. The minimum atomic E-state index is -0.441. The van der Waals surface area contributed by atoms with Crippen molar-refractivity contribution in [2.75, 3.05) is 6.54 Å². The molecule has 0 aliphatic rings. The Morgan fingerprint density at radius 3 is 2.38 bits per heavy atom. The summed E-state index contributed by atoms with van der Waals surface area (Å²) in [4.78, 5) is 26.3. The van der Waals surface area contributed by atoms with Crippen LogP contribution in [0.5, 0.6) is 0 Å². The van der Waals surface area contributed by atoms with Crippen LogP contribution < -0.4 is 20.1 Å². The Morgan fingerprint density at radius 2 is 1.71 bits per heavy atom. The van der Waals surface area contributed by atoms with Crippen LogP contribution in [0.15, 0.2) is 59.4 Å². The molecule has 3 aromatic rings. The van der Waals surface area contributed by atoms with E-state index in [0.717, 1.165) is 30.4 Å². The Kier molecular flexibility index (Phi) is 9.42. The largest absolute Gasteiger partial charge is 0.351 e. The van der Waals surface area contributed by atoms with Crippen molar-refractivity contribution in [3.8, 4) is 11.8 Å². The maximum absolute atomic E-state index is 13.4. The predicted octanol–water partition coefficient (Wildman–Crippen LogP) is 4.19. The lowest BCUT2D eigenvalue weighted by molar-refractivity contribution is -0.115. The first-order valence-corrected chi connectivity index (χ1v) is 12.6. The molecule has 1 aromatic heterocycles. The van der Waals surface area contributed by atoms with Crippen molar-refractivity contribution in [2.45, 2.75) is 52.4 Å². The van der Waals surface area contributed by atoms with Crippen LogP contribution in [-0.2, 0) is 4.79 Å². The highest BCUT2D eigenvalue weighted by Gasteiger charge is 2.16. The number of hydrogen-bond donors (Lipinski definition) is 1. The summed E-state index contributed by atoms with van der Waals surface area (Å²) in [6.07, 6.45) is 8.51. The molecule has 0 fully saturated rings. The molecule has 1 heterocycles. The fourth-order valence-electron chi connectivity index (χ4n) is 3.67. The summed E-state index contributed by atoms with van der Waals surface area (Å²) < 4.78 is 2.28. The van der Waals surface area contributed by atoms with E-state index < -0.39 is 5.91 Å². The summed E-state index contributed by atoms with van der Waals surface area (Å²) >= 11 is 1.17. The Bertz CT molecular complexity index is 1310. The molecule has 34 heavy (non-hydrogen) atoms. The average Bonchev–Trinajstić information content (AvgIpc) is 3.16. The number of hydrogen-bond acceptors (Lipinski definition) is 4. The van der Waals surface area contributed by atoms with Crippen LogP contribution in [0.3, 0.4) is 0 Å². The normalized spacial score (nSPS) is 12.3. The first-order valence-electron chi connectivity index (χ1n) is 11.8. The SMILES string of the molecule is CCCCCCCCNC(=O)C(C#N)=c1sc(=Cc2ccc(C)cc2)c(=O)n1-c1ccccc1. The number of nitrogens with zero attached hydrogens (tertiary/aromatic N) is 2. The summed E-state index contributed by atoms with van der Waals surface area (Å²) in [5, 5.41) is 12.7. The molecule has 0 spiro atoms. The number of nitriles is 1. The van der Waals surface area contributed by atoms with E-state index in [9.17, 15) is 14.9 Å². The monoisotopic (exact) mass is 473 g/mol. The third-order valence-corrected chi connectivity index (χ3v) is 6.67.